The third-order valence-corrected chi connectivity index (χ3v) is 3.65. The zero-order valence-electron chi connectivity index (χ0n) is 7.40. The Hall–Kier alpha value is -0.460. The molecule has 1 saturated heterocycles. The van der Waals surface area contributed by atoms with E-state index in [1.165, 1.54) is 5.32 Å². The fourth-order valence-corrected chi connectivity index (χ4v) is 2.47. The number of hydrogen-bond acceptors (Lipinski definition) is 4. The molecule has 13 heavy (non-hydrogen) atoms. The Morgan fingerprint density at radius 1 is 1.38 bits per heavy atom. The molecule has 1 amide bonds. The maximum absolute atomic E-state index is 11.0. The molecule has 1 aliphatic heterocycles. The van der Waals surface area contributed by atoms with Gasteiger partial charge in [0.25, 0.3) is 5.91 Å². The SMILES string of the molecule is [CH2-][NH2+]C(=O)CN1CCS(=O)(=O)CC1. The van der Waals surface area contributed by atoms with E-state index in [4.69, 9.17) is 0 Å². The number of nitrogens with two attached hydrogens (primary N) is 1. The van der Waals surface area contributed by atoms with Gasteiger partial charge in [-0.25, -0.2) is 13.2 Å². The summed E-state index contributed by atoms with van der Waals surface area (Å²) in [6.45, 7) is 1.21. The van der Waals surface area contributed by atoms with E-state index < -0.39 is 9.84 Å². The first-order valence-electron chi connectivity index (χ1n) is 4.11. The highest BCUT2D eigenvalue weighted by atomic mass is 32.2. The molecule has 0 aliphatic carbocycles. The van der Waals surface area contributed by atoms with Gasteiger partial charge in [0.2, 0.25) is 0 Å². The predicted molar refractivity (Wildman–Crippen MR) is 47.4 cm³/mol. The lowest BCUT2D eigenvalue weighted by Crippen LogP contribution is -2.83. The summed E-state index contributed by atoms with van der Waals surface area (Å²) in [5.41, 5.74) is 0. The topological polar surface area (TPSA) is 71.1 Å². The van der Waals surface area contributed by atoms with Crippen molar-refractivity contribution in [2.24, 2.45) is 0 Å². The Balaban J connectivity index is 2.38. The molecule has 0 aromatic carbocycles. The van der Waals surface area contributed by atoms with Crippen LogP contribution in [0.5, 0.6) is 0 Å². The van der Waals surface area contributed by atoms with Crippen molar-refractivity contribution in [3.05, 3.63) is 7.05 Å². The van der Waals surface area contributed by atoms with Gasteiger partial charge in [-0.05, 0) is 0 Å². The lowest BCUT2D eigenvalue weighted by molar-refractivity contribution is -0.507. The van der Waals surface area contributed by atoms with Crippen LogP contribution in [-0.4, -0.2) is 50.4 Å². The average Bonchev–Trinajstić information content (AvgIpc) is 2.08. The van der Waals surface area contributed by atoms with E-state index in [0.29, 0.717) is 19.6 Å². The highest BCUT2D eigenvalue weighted by Gasteiger charge is 2.22. The minimum absolute atomic E-state index is 0.0562. The van der Waals surface area contributed by atoms with Gasteiger partial charge in [0.15, 0.2) is 9.84 Å². The Morgan fingerprint density at radius 3 is 2.38 bits per heavy atom. The molecule has 0 saturated carbocycles. The van der Waals surface area contributed by atoms with Gasteiger partial charge >= 0.3 is 0 Å². The number of hydrogen-bond donors (Lipinski definition) is 1. The summed E-state index contributed by atoms with van der Waals surface area (Å²) >= 11 is 0. The minimum Gasteiger partial charge on any atom is -0.414 e. The van der Waals surface area contributed by atoms with E-state index >= 15 is 0 Å². The van der Waals surface area contributed by atoms with E-state index in [1.807, 2.05) is 4.90 Å². The number of primary amides is 1. The van der Waals surface area contributed by atoms with Gasteiger partial charge in [-0.3, -0.25) is 4.90 Å². The second kappa shape index (κ2) is 4.17. The van der Waals surface area contributed by atoms with Crippen molar-refractivity contribution in [1.82, 2.24) is 4.90 Å². The molecule has 0 aromatic heterocycles. The third kappa shape index (κ3) is 3.41. The lowest BCUT2D eigenvalue weighted by Gasteiger charge is -2.24. The maximum atomic E-state index is 11.0. The van der Waals surface area contributed by atoms with Crippen LogP contribution in [0.1, 0.15) is 0 Å². The monoisotopic (exact) mass is 206 g/mol. The van der Waals surface area contributed by atoms with Crippen LogP contribution in [0, 0.1) is 7.05 Å². The Morgan fingerprint density at radius 2 is 1.92 bits per heavy atom. The van der Waals surface area contributed by atoms with E-state index in [-0.39, 0.29) is 17.4 Å². The van der Waals surface area contributed by atoms with E-state index in [2.05, 4.69) is 7.05 Å². The first-order chi connectivity index (χ1) is 6.03. The summed E-state index contributed by atoms with van der Waals surface area (Å²) in [7, 11) is 0.523. The van der Waals surface area contributed by atoms with Crippen molar-refractivity contribution < 1.29 is 18.5 Å². The smallest absolute Gasteiger partial charge is 0.298 e. The molecule has 1 heterocycles. The molecule has 76 valence electrons. The number of rotatable bonds is 2. The molecule has 6 heteroatoms. The van der Waals surface area contributed by atoms with Crippen molar-refractivity contribution in [2.75, 3.05) is 31.1 Å². The van der Waals surface area contributed by atoms with E-state index in [1.54, 1.807) is 0 Å². The summed E-state index contributed by atoms with van der Waals surface area (Å²) in [5, 5.41) is 1.27. The molecule has 0 spiro atoms. The minimum atomic E-state index is -2.84. The van der Waals surface area contributed by atoms with Crippen molar-refractivity contribution in [3.63, 3.8) is 0 Å². The third-order valence-electron chi connectivity index (χ3n) is 2.04. The van der Waals surface area contributed by atoms with Crippen LogP contribution in [0.4, 0.5) is 0 Å². The van der Waals surface area contributed by atoms with Gasteiger partial charge in [0, 0.05) is 13.1 Å². The molecular weight excluding hydrogens is 192 g/mol. The molecule has 1 fully saturated rings. The van der Waals surface area contributed by atoms with Crippen LogP contribution >= 0.6 is 0 Å². The van der Waals surface area contributed by atoms with Crippen LogP contribution in [-0.2, 0) is 14.6 Å². The quantitative estimate of drug-likeness (QED) is 0.511. The molecule has 0 atom stereocenters. The summed E-state index contributed by atoms with van der Waals surface area (Å²) in [5.74, 6) is 0.272. The molecule has 2 N–H and O–H groups in total. The Bertz CT molecular complexity index is 272. The molecule has 0 radical (unpaired) electrons. The van der Waals surface area contributed by atoms with E-state index in [9.17, 15) is 13.2 Å². The Kier molecular flexibility index (Phi) is 3.40. The van der Waals surface area contributed by atoms with Gasteiger partial charge in [-0.15, -0.1) is 7.05 Å². The number of quaternary nitrogens is 1. The number of carbonyl (C=O) groups excluding carboxylic acids is 1. The number of carbonyl (C=O) groups is 1. The van der Waals surface area contributed by atoms with Crippen LogP contribution in [0.3, 0.4) is 0 Å². The standard InChI is InChI=1S/C7H14N2O3S/c1-8-7(10)6-9-2-4-13(11,12)5-3-9/h1-6,8H2. The van der Waals surface area contributed by atoms with Gasteiger partial charge in [-0.2, -0.15) is 0 Å². The molecule has 0 bridgehead atoms. The number of amides is 1. The van der Waals surface area contributed by atoms with Crippen LogP contribution < -0.4 is 5.32 Å². The van der Waals surface area contributed by atoms with Crippen LogP contribution in [0.2, 0.25) is 0 Å². The summed E-state index contributed by atoms with van der Waals surface area (Å²) in [6, 6.07) is 0. The zero-order chi connectivity index (χ0) is 9.90. The second-order valence-corrected chi connectivity index (χ2v) is 5.40. The molecular formula is C7H14N2O3S. The average molecular weight is 206 g/mol. The van der Waals surface area contributed by atoms with Gasteiger partial charge < -0.3 is 5.32 Å². The summed E-state index contributed by atoms with van der Waals surface area (Å²) in [4.78, 5) is 12.8. The van der Waals surface area contributed by atoms with Crippen molar-refractivity contribution >= 4 is 15.7 Å². The van der Waals surface area contributed by atoms with Gasteiger partial charge in [-0.1, -0.05) is 0 Å². The largest absolute Gasteiger partial charge is 0.414 e. The molecule has 1 aliphatic rings. The van der Waals surface area contributed by atoms with Crippen molar-refractivity contribution in [3.8, 4) is 0 Å². The molecule has 5 nitrogen and oxygen atoms in total. The number of sulfone groups is 1. The van der Waals surface area contributed by atoms with Crippen molar-refractivity contribution in [2.45, 2.75) is 0 Å². The van der Waals surface area contributed by atoms with Crippen LogP contribution in [0.15, 0.2) is 0 Å². The predicted octanol–water partition coefficient (Wildman–Crippen LogP) is -2.40. The lowest BCUT2D eigenvalue weighted by atomic mass is 10.4. The molecule has 0 unspecified atom stereocenters. The highest BCUT2D eigenvalue weighted by molar-refractivity contribution is 7.91. The van der Waals surface area contributed by atoms with Crippen LogP contribution in [0.25, 0.3) is 0 Å². The maximum Gasteiger partial charge on any atom is 0.298 e. The summed E-state index contributed by atoms with van der Waals surface area (Å²) in [6.07, 6.45) is 0. The normalized spacial score (nSPS) is 22.8. The fraction of sp³-hybridized carbons (Fsp3) is 0.714. The van der Waals surface area contributed by atoms with Gasteiger partial charge in [0.1, 0.15) is 6.54 Å². The zero-order valence-corrected chi connectivity index (χ0v) is 8.22. The number of nitrogens with zero attached hydrogens (tertiary/aromatic N) is 1. The Labute approximate surface area is 78.0 Å². The first kappa shape index (κ1) is 10.6. The van der Waals surface area contributed by atoms with Gasteiger partial charge in [0.05, 0.1) is 11.5 Å². The summed E-state index contributed by atoms with van der Waals surface area (Å²) < 4.78 is 22.0. The molecule has 0 aromatic rings. The highest BCUT2D eigenvalue weighted by Crippen LogP contribution is 2.02. The first-order valence-corrected chi connectivity index (χ1v) is 5.94. The fourth-order valence-electron chi connectivity index (χ4n) is 1.19. The van der Waals surface area contributed by atoms with Crippen molar-refractivity contribution in [1.29, 1.82) is 0 Å². The van der Waals surface area contributed by atoms with E-state index in [0.717, 1.165) is 0 Å². The molecule has 1 rings (SSSR count). The second-order valence-electron chi connectivity index (χ2n) is 3.10.